The van der Waals surface area contributed by atoms with Gasteiger partial charge in [-0.3, -0.25) is 14.4 Å². The van der Waals surface area contributed by atoms with Crippen molar-refractivity contribution in [1.29, 1.82) is 0 Å². The number of amides is 3. The summed E-state index contributed by atoms with van der Waals surface area (Å²) in [5, 5.41) is 17.8. The average Bonchev–Trinajstić information content (AvgIpc) is 2.58. The van der Waals surface area contributed by atoms with E-state index >= 15 is 0 Å². The summed E-state index contributed by atoms with van der Waals surface area (Å²) in [5.41, 5.74) is 3.72. The lowest BCUT2D eigenvalue weighted by molar-refractivity contribution is -0.136. The van der Waals surface area contributed by atoms with Crippen molar-refractivity contribution in [1.82, 2.24) is 5.43 Å². The molecule has 0 atom stereocenters. The second-order valence-corrected chi connectivity index (χ2v) is 5.00. The molecule has 25 heavy (non-hydrogen) atoms. The Hall–Kier alpha value is -3.68. The Morgan fingerprint density at radius 2 is 1.44 bits per heavy atom. The lowest BCUT2D eigenvalue weighted by atomic mass is 10.2. The molecule has 0 unspecified atom stereocenters. The van der Waals surface area contributed by atoms with E-state index in [0.717, 1.165) is 0 Å². The number of carbonyl (C=O) groups excluding carboxylic acids is 3. The second-order valence-electron chi connectivity index (χ2n) is 5.00. The van der Waals surface area contributed by atoms with Gasteiger partial charge in [0.05, 0.1) is 6.21 Å². The predicted molar refractivity (Wildman–Crippen MR) is 93.2 cm³/mol. The van der Waals surface area contributed by atoms with Gasteiger partial charge in [-0.25, -0.2) is 5.43 Å². The van der Waals surface area contributed by atoms with Crippen LogP contribution in [0.3, 0.4) is 0 Å². The number of hydrazone groups is 1. The first kappa shape index (κ1) is 17.7. The molecule has 0 saturated carbocycles. The van der Waals surface area contributed by atoms with Crippen LogP contribution in [0.5, 0.6) is 5.75 Å². The van der Waals surface area contributed by atoms with Crippen molar-refractivity contribution in [3.63, 3.8) is 0 Å². The third-order valence-electron chi connectivity index (χ3n) is 2.94. The Bertz CT molecular complexity index is 798. The summed E-state index contributed by atoms with van der Waals surface area (Å²) in [6, 6.07) is 12.4. The lowest BCUT2D eigenvalue weighted by Gasteiger charge is -2.06. The molecule has 2 aromatic carbocycles. The summed E-state index contributed by atoms with van der Waals surface area (Å²) in [6.45, 7) is 1.39. The number of aromatic hydroxyl groups is 1. The zero-order valence-electron chi connectivity index (χ0n) is 13.3. The Kier molecular flexibility index (Phi) is 5.83. The third kappa shape index (κ3) is 5.79. The van der Waals surface area contributed by atoms with E-state index in [0.29, 0.717) is 16.9 Å². The highest BCUT2D eigenvalue weighted by Gasteiger charge is 2.12. The molecule has 0 saturated heterocycles. The molecule has 3 amide bonds. The molecule has 0 spiro atoms. The molecular formula is C17H16N4O4. The molecule has 128 valence electrons. The molecule has 0 aliphatic carbocycles. The zero-order valence-corrected chi connectivity index (χ0v) is 13.3. The van der Waals surface area contributed by atoms with Crippen LogP contribution >= 0.6 is 0 Å². The Balaban J connectivity index is 1.86. The fourth-order valence-electron chi connectivity index (χ4n) is 1.80. The molecule has 8 nitrogen and oxygen atoms in total. The number of hydrogen-bond donors (Lipinski definition) is 4. The second kappa shape index (κ2) is 8.25. The number of phenolic OH excluding ortho intramolecular Hbond substituents is 1. The largest absolute Gasteiger partial charge is 0.508 e. The summed E-state index contributed by atoms with van der Waals surface area (Å²) in [5.74, 6) is -1.90. The van der Waals surface area contributed by atoms with Gasteiger partial charge in [0.25, 0.3) is 0 Å². The highest BCUT2D eigenvalue weighted by atomic mass is 16.3. The molecule has 4 N–H and O–H groups in total. The van der Waals surface area contributed by atoms with Gasteiger partial charge in [0, 0.05) is 18.3 Å². The molecule has 0 radical (unpaired) electrons. The number of carbonyl (C=O) groups is 3. The monoisotopic (exact) mass is 340 g/mol. The smallest absolute Gasteiger partial charge is 0.329 e. The van der Waals surface area contributed by atoms with Crippen LogP contribution in [-0.4, -0.2) is 29.0 Å². The van der Waals surface area contributed by atoms with Gasteiger partial charge < -0.3 is 15.7 Å². The first-order valence-corrected chi connectivity index (χ1v) is 7.25. The average molecular weight is 340 g/mol. The molecule has 0 aliphatic rings. The van der Waals surface area contributed by atoms with Gasteiger partial charge in [-0.15, -0.1) is 0 Å². The van der Waals surface area contributed by atoms with Crippen LogP contribution in [0.4, 0.5) is 11.4 Å². The maximum Gasteiger partial charge on any atom is 0.329 e. The molecule has 2 aromatic rings. The van der Waals surface area contributed by atoms with E-state index in [1.165, 1.54) is 25.3 Å². The van der Waals surface area contributed by atoms with Gasteiger partial charge in [0.15, 0.2) is 0 Å². The first-order valence-electron chi connectivity index (χ1n) is 7.25. The Labute approximate surface area is 143 Å². The third-order valence-corrected chi connectivity index (χ3v) is 2.94. The van der Waals surface area contributed by atoms with Crippen LogP contribution in [-0.2, 0) is 14.4 Å². The van der Waals surface area contributed by atoms with Crippen molar-refractivity contribution in [3.05, 3.63) is 54.1 Å². The van der Waals surface area contributed by atoms with Crippen LogP contribution < -0.4 is 16.1 Å². The highest BCUT2D eigenvalue weighted by Crippen LogP contribution is 2.13. The van der Waals surface area contributed by atoms with Crippen molar-refractivity contribution >= 4 is 35.3 Å². The lowest BCUT2D eigenvalue weighted by Crippen LogP contribution is -2.32. The first-order chi connectivity index (χ1) is 11.9. The van der Waals surface area contributed by atoms with Gasteiger partial charge >= 0.3 is 11.8 Å². The number of nitrogens with one attached hydrogen (secondary N) is 3. The van der Waals surface area contributed by atoms with E-state index in [4.69, 9.17) is 5.11 Å². The van der Waals surface area contributed by atoms with Gasteiger partial charge in [-0.05, 0) is 54.1 Å². The van der Waals surface area contributed by atoms with Crippen molar-refractivity contribution in [2.24, 2.45) is 5.10 Å². The molecule has 2 rings (SSSR count). The molecule has 0 bridgehead atoms. The molecule has 8 heteroatoms. The van der Waals surface area contributed by atoms with Gasteiger partial charge in [0.1, 0.15) is 5.75 Å². The van der Waals surface area contributed by atoms with E-state index in [1.807, 2.05) is 0 Å². The van der Waals surface area contributed by atoms with Crippen LogP contribution in [0.15, 0.2) is 53.6 Å². The van der Waals surface area contributed by atoms with Crippen molar-refractivity contribution in [3.8, 4) is 5.75 Å². The van der Waals surface area contributed by atoms with Crippen LogP contribution in [0.2, 0.25) is 0 Å². The van der Waals surface area contributed by atoms with Crippen LogP contribution in [0.25, 0.3) is 0 Å². The quantitative estimate of drug-likeness (QED) is 0.382. The zero-order chi connectivity index (χ0) is 18.2. The van der Waals surface area contributed by atoms with Gasteiger partial charge in [0.2, 0.25) is 5.91 Å². The number of anilines is 2. The summed E-state index contributed by atoms with van der Waals surface area (Å²) in [6.07, 6.45) is 1.34. The summed E-state index contributed by atoms with van der Waals surface area (Å²) in [7, 11) is 0. The highest BCUT2D eigenvalue weighted by molar-refractivity contribution is 6.39. The number of benzene rings is 2. The maximum absolute atomic E-state index is 11.8. The molecule has 0 fully saturated rings. The SMILES string of the molecule is CC(=O)Nc1ccc(NC(=O)C(=O)N/N=C/c2ccc(O)cc2)cc1. The van der Waals surface area contributed by atoms with Crippen LogP contribution in [0, 0.1) is 0 Å². The molecular weight excluding hydrogens is 324 g/mol. The van der Waals surface area contributed by atoms with Crippen LogP contribution in [0.1, 0.15) is 12.5 Å². The minimum atomic E-state index is -0.930. The van der Waals surface area contributed by atoms with E-state index in [2.05, 4.69) is 21.2 Å². The maximum atomic E-state index is 11.8. The number of hydrogen-bond acceptors (Lipinski definition) is 5. The van der Waals surface area contributed by atoms with E-state index in [1.54, 1.807) is 36.4 Å². The number of nitrogens with zero attached hydrogens (tertiary/aromatic N) is 1. The van der Waals surface area contributed by atoms with Gasteiger partial charge in [-0.1, -0.05) is 0 Å². The van der Waals surface area contributed by atoms with E-state index in [9.17, 15) is 14.4 Å². The topological polar surface area (TPSA) is 120 Å². The van der Waals surface area contributed by atoms with Crippen molar-refractivity contribution < 1.29 is 19.5 Å². The van der Waals surface area contributed by atoms with E-state index in [-0.39, 0.29) is 11.7 Å². The number of rotatable bonds is 4. The van der Waals surface area contributed by atoms with Gasteiger partial charge in [-0.2, -0.15) is 5.10 Å². The molecule has 0 aliphatic heterocycles. The van der Waals surface area contributed by atoms with E-state index < -0.39 is 11.8 Å². The number of phenols is 1. The summed E-state index contributed by atoms with van der Waals surface area (Å²) >= 11 is 0. The molecule has 0 aromatic heterocycles. The fraction of sp³-hybridized carbons (Fsp3) is 0.0588. The molecule has 0 heterocycles. The standard InChI is InChI=1S/C17H16N4O4/c1-11(22)19-13-4-6-14(7-5-13)20-16(24)17(25)21-18-10-12-2-8-15(23)9-3-12/h2-10,23H,1H3,(H,19,22)(H,20,24)(H,21,25)/b18-10+. The van der Waals surface area contributed by atoms with Crippen molar-refractivity contribution in [2.75, 3.05) is 10.6 Å². The summed E-state index contributed by atoms with van der Waals surface area (Å²) < 4.78 is 0. The fourth-order valence-corrected chi connectivity index (χ4v) is 1.80. The minimum Gasteiger partial charge on any atom is -0.508 e. The minimum absolute atomic E-state index is 0.116. The van der Waals surface area contributed by atoms with Crippen molar-refractivity contribution in [2.45, 2.75) is 6.92 Å². The predicted octanol–water partition coefficient (Wildman–Crippen LogP) is 1.44. The summed E-state index contributed by atoms with van der Waals surface area (Å²) in [4.78, 5) is 34.4. The normalized spacial score (nSPS) is 10.3. The Morgan fingerprint density at radius 1 is 0.880 bits per heavy atom. The Morgan fingerprint density at radius 3 is 2.00 bits per heavy atom.